The SMILES string of the molecule is CC1CCCC(NC(=O)C2CCCC2N)CC1. The zero-order chi connectivity index (χ0) is 12.3. The van der Waals surface area contributed by atoms with Crippen LogP contribution in [0, 0.1) is 11.8 Å². The first kappa shape index (κ1) is 12.9. The Kier molecular flexibility index (Phi) is 4.43. The van der Waals surface area contributed by atoms with Gasteiger partial charge in [-0.2, -0.15) is 0 Å². The third-order valence-corrected chi connectivity index (χ3v) is 4.51. The number of rotatable bonds is 2. The van der Waals surface area contributed by atoms with Crippen molar-refractivity contribution >= 4 is 5.91 Å². The van der Waals surface area contributed by atoms with Crippen LogP contribution in [0.25, 0.3) is 0 Å². The lowest BCUT2D eigenvalue weighted by Gasteiger charge is -2.21. The summed E-state index contributed by atoms with van der Waals surface area (Å²) in [5.74, 6) is 1.12. The lowest BCUT2D eigenvalue weighted by atomic mass is 10.0. The van der Waals surface area contributed by atoms with Crippen LogP contribution in [0.5, 0.6) is 0 Å². The fourth-order valence-electron chi connectivity index (χ4n) is 3.25. The molecule has 0 spiro atoms. The minimum Gasteiger partial charge on any atom is -0.353 e. The van der Waals surface area contributed by atoms with Crippen LogP contribution in [0.4, 0.5) is 0 Å². The summed E-state index contributed by atoms with van der Waals surface area (Å²) < 4.78 is 0. The molecule has 0 aromatic heterocycles. The highest BCUT2D eigenvalue weighted by atomic mass is 16.2. The molecule has 2 fully saturated rings. The average molecular weight is 238 g/mol. The zero-order valence-electron chi connectivity index (χ0n) is 11.0. The van der Waals surface area contributed by atoms with Crippen LogP contribution in [0.1, 0.15) is 58.3 Å². The van der Waals surface area contributed by atoms with Crippen molar-refractivity contribution < 1.29 is 4.79 Å². The van der Waals surface area contributed by atoms with E-state index in [9.17, 15) is 4.79 Å². The van der Waals surface area contributed by atoms with Crippen LogP contribution >= 0.6 is 0 Å². The molecule has 4 atom stereocenters. The van der Waals surface area contributed by atoms with E-state index in [0.717, 1.165) is 38.0 Å². The molecule has 0 radical (unpaired) electrons. The molecule has 2 aliphatic carbocycles. The Labute approximate surface area is 105 Å². The number of carbonyl (C=O) groups is 1. The van der Waals surface area contributed by atoms with Crippen molar-refractivity contribution in [2.75, 3.05) is 0 Å². The summed E-state index contributed by atoms with van der Waals surface area (Å²) in [6, 6.07) is 0.500. The summed E-state index contributed by atoms with van der Waals surface area (Å²) >= 11 is 0. The number of nitrogens with two attached hydrogens (primary N) is 1. The second kappa shape index (κ2) is 5.85. The highest BCUT2D eigenvalue weighted by Crippen LogP contribution is 2.26. The summed E-state index contributed by atoms with van der Waals surface area (Å²) in [5, 5.41) is 3.23. The van der Waals surface area contributed by atoms with E-state index in [-0.39, 0.29) is 17.9 Å². The lowest BCUT2D eigenvalue weighted by molar-refractivity contribution is -0.126. The van der Waals surface area contributed by atoms with Crippen molar-refractivity contribution in [3.8, 4) is 0 Å². The third-order valence-electron chi connectivity index (χ3n) is 4.51. The third kappa shape index (κ3) is 3.44. The second-order valence-electron chi connectivity index (χ2n) is 6.02. The molecule has 1 amide bonds. The van der Waals surface area contributed by atoms with Gasteiger partial charge in [-0.1, -0.05) is 26.2 Å². The molecule has 2 aliphatic rings. The number of nitrogens with one attached hydrogen (secondary N) is 1. The van der Waals surface area contributed by atoms with E-state index in [1.54, 1.807) is 0 Å². The zero-order valence-corrected chi connectivity index (χ0v) is 11.0. The number of amides is 1. The Morgan fingerprint density at radius 2 is 1.82 bits per heavy atom. The lowest BCUT2D eigenvalue weighted by Crippen LogP contribution is -2.43. The topological polar surface area (TPSA) is 55.1 Å². The van der Waals surface area contributed by atoms with E-state index in [4.69, 9.17) is 5.73 Å². The first-order valence-corrected chi connectivity index (χ1v) is 7.22. The van der Waals surface area contributed by atoms with Gasteiger partial charge in [-0.15, -0.1) is 0 Å². The van der Waals surface area contributed by atoms with Crippen LogP contribution in [0.15, 0.2) is 0 Å². The summed E-state index contributed by atoms with van der Waals surface area (Å²) in [7, 11) is 0. The van der Waals surface area contributed by atoms with Gasteiger partial charge in [-0.05, 0) is 38.0 Å². The molecular formula is C14H26N2O. The van der Waals surface area contributed by atoms with Gasteiger partial charge in [0.1, 0.15) is 0 Å². The van der Waals surface area contributed by atoms with E-state index in [1.807, 2.05) is 0 Å². The fraction of sp³-hybridized carbons (Fsp3) is 0.929. The number of carbonyl (C=O) groups excluding carboxylic acids is 1. The summed E-state index contributed by atoms with van der Waals surface area (Å²) in [5.41, 5.74) is 5.98. The van der Waals surface area contributed by atoms with Gasteiger partial charge in [0.2, 0.25) is 5.91 Å². The normalized spacial score (nSPS) is 38.7. The Bertz CT molecular complexity index is 267. The summed E-state index contributed by atoms with van der Waals surface area (Å²) in [6.45, 7) is 2.32. The first-order valence-electron chi connectivity index (χ1n) is 7.22. The molecule has 0 aromatic rings. The maximum atomic E-state index is 12.1. The molecule has 2 rings (SSSR count). The standard InChI is InChI=1S/C14H26N2O/c1-10-4-2-5-11(9-8-10)16-14(17)12-6-3-7-13(12)15/h10-13H,2-9,15H2,1H3,(H,16,17). The van der Waals surface area contributed by atoms with E-state index in [1.165, 1.54) is 19.3 Å². The number of hydrogen-bond acceptors (Lipinski definition) is 2. The van der Waals surface area contributed by atoms with Gasteiger partial charge < -0.3 is 11.1 Å². The number of hydrogen-bond donors (Lipinski definition) is 2. The Hall–Kier alpha value is -0.570. The Morgan fingerprint density at radius 1 is 1.06 bits per heavy atom. The van der Waals surface area contributed by atoms with Crippen LogP contribution in [-0.2, 0) is 4.79 Å². The molecule has 98 valence electrons. The molecule has 0 aromatic carbocycles. The molecule has 0 heterocycles. The molecule has 3 heteroatoms. The van der Waals surface area contributed by atoms with Gasteiger partial charge >= 0.3 is 0 Å². The molecule has 0 bridgehead atoms. The first-order chi connectivity index (χ1) is 8.16. The molecule has 4 unspecified atom stereocenters. The van der Waals surface area contributed by atoms with Crippen molar-refractivity contribution in [2.45, 2.75) is 70.4 Å². The molecule has 3 N–H and O–H groups in total. The van der Waals surface area contributed by atoms with Crippen molar-refractivity contribution in [1.82, 2.24) is 5.32 Å². The van der Waals surface area contributed by atoms with E-state index >= 15 is 0 Å². The second-order valence-corrected chi connectivity index (χ2v) is 6.02. The smallest absolute Gasteiger partial charge is 0.224 e. The monoisotopic (exact) mass is 238 g/mol. The van der Waals surface area contributed by atoms with Crippen LogP contribution in [-0.4, -0.2) is 18.0 Å². The van der Waals surface area contributed by atoms with Crippen LogP contribution in [0.3, 0.4) is 0 Å². The van der Waals surface area contributed by atoms with E-state index in [2.05, 4.69) is 12.2 Å². The van der Waals surface area contributed by atoms with Crippen molar-refractivity contribution in [1.29, 1.82) is 0 Å². The minimum absolute atomic E-state index is 0.0793. The van der Waals surface area contributed by atoms with Crippen molar-refractivity contribution in [3.05, 3.63) is 0 Å². The predicted octanol–water partition coefficient (Wildman–Crippen LogP) is 2.20. The quantitative estimate of drug-likeness (QED) is 0.725. The van der Waals surface area contributed by atoms with Gasteiger partial charge in [0.05, 0.1) is 5.92 Å². The van der Waals surface area contributed by atoms with Gasteiger partial charge in [0.25, 0.3) is 0 Å². The van der Waals surface area contributed by atoms with Gasteiger partial charge in [-0.3, -0.25) is 4.79 Å². The molecule has 0 aliphatic heterocycles. The van der Waals surface area contributed by atoms with Crippen molar-refractivity contribution in [3.63, 3.8) is 0 Å². The Morgan fingerprint density at radius 3 is 2.53 bits per heavy atom. The van der Waals surface area contributed by atoms with Crippen LogP contribution < -0.4 is 11.1 Å². The van der Waals surface area contributed by atoms with Crippen LogP contribution in [0.2, 0.25) is 0 Å². The molecular weight excluding hydrogens is 212 g/mol. The van der Waals surface area contributed by atoms with E-state index in [0.29, 0.717) is 6.04 Å². The summed E-state index contributed by atoms with van der Waals surface area (Å²) in [6.07, 6.45) is 9.23. The average Bonchev–Trinajstić information content (AvgIpc) is 2.61. The Balaban J connectivity index is 1.81. The fourth-order valence-corrected chi connectivity index (χ4v) is 3.25. The largest absolute Gasteiger partial charge is 0.353 e. The molecule has 3 nitrogen and oxygen atoms in total. The molecule has 17 heavy (non-hydrogen) atoms. The molecule has 2 saturated carbocycles. The predicted molar refractivity (Wildman–Crippen MR) is 69.5 cm³/mol. The summed E-state index contributed by atoms with van der Waals surface area (Å²) in [4.78, 5) is 12.1. The molecule has 0 saturated heterocycles. The highest BCUT2D eigenvalue weighted by molar-refractivity contribution is 5.80. The maximum Gasteiger partial charge on any atom is 0.224 e. The van der Waals surface area contributed by atoms with Gasteiger partial charge in [-0.25, -0.2) is 0 Å². The van der Waals surface area contributed by atoms with Gasteiger partial charge in [0, 0.05) is 12.1 Å². The van der Waals surface area contributed by atoms with Gasteiger partial charge in [0.15, 0.2) is 0 Å². The highest BCUT2D eigenvalue weighted by Gasteiger charge is 2.31. The minimum atomic E-state index is 0.0793. The van der Waals surface area contributed by atoms with Crippen molar-refractivity contribution in [2.24, 2.45) is 17.6 Å². The maximum absolute atomic E-state index is 12.1. The van der Waals surface area contributed by atoms with E-state index < -0.39 is 0 Å².